The highest BCUT2D eigenvalue weighted by Crippen LogP contribution is 2.47. The molecule has 16 heteroatoms. The van der Waals surface area contributed by atoms with Crippen LogP contribution in [0.4, 0.5) is 4.79 Å². The van der Waals surface area contributed by atoms with Gasteiger partial charge in [0, 0.05) is 23.8 Å². The first-order valence-corrected chi connectivity index (χ1v) is 19.7. The van der Waals surface area contributed by atoms with Gasteiger partial charge in [-0.25, -0.2) is 13.2 Å². The van der Waals surface area contributed by atoms with Gasteiger partial charge in [0.2, 0.25) is 33.6 Å². The lowest BCUT2D eigenvalue weighted by molar-refractivity contribution is -0.142. The molecular weight excluding hydrogens is 706 g/mol. The van der Waals surface area contributed by atoms with E-state index in [1.54, 1.807) is 38.3 Å². The molecule has 6 rings (SSSR count). The van der Waals surface area contributed by atoms with Gasteiger partial charge in [0.1, 0.15) is 29.5 Å². The molecule has 2 aliphatic heterocycles. The largest absolute Gasteiger partial charge is 0.497 e. The summed E-state index contributed by atoms with van der Waals surface area (Å²) in [5.74, 6) is -1.74. The van der Waals surface area contributed by atoms with E-state index in [1.807, 2.05) is 26.0 Å². The van der Waals surface area contributed by atoms with Crippen molar-refractivity contribution in [2.75, 3.05) is 20.8 Å². The van der Waals surface area contributed by atoms with E-state index >= 15 is 0 Å². The molecule has 2 aliphatic carbocycles. The number of fused-ring (bicyclic) bond motifs is 3. The number of carbonyl (C=O) groups excluding carboxylic acids is 3. The second-order valence-electron chi connectivity index (χ2n) is 15.1. The van der Waals surface area contributed by atoms with Crippen molar-refractivity contribution in [1.82, 2.24) is 25.2 Å². The topological polar surface area (TPSA) is 203 Å². The molecule has 3 heterocycles. The summed E-state index contributed by atoms with van der Waals surface area (Å²) >= 11 is 0. The number of nitrogens with one attached hydrogen (secondary N) is 3. The van der Waals surface area contributed by atoms with Crippen molar-refractivity contribution in [3.05, 3.63) is 36.4 Å². The standard InChI is InChI=1S/C37H49N5O10S/c1-6-22-15-21(2)9-7-8-10-24-19-37(24,34(45)41-53(48,49)36(3)13-14-36)40-31(43)28-18-26(20-42(28)33(44)30(22)39-35(46)47)52-32-27-12-11-25(50-4)16-23(27)17-29(38-32)51-5/h8,10-12,16-17,21-22,24,26,28,30,39H,6-7,9,13-15,18-20H2,1-5H3,(H,40,43)(H,41,45)(H,46,47)/t21-,22+,24+,26+,28-,30-,37+/m0/s1. The molecule has 2 aromatic rings. The minimum atomic E-state index is -4.01. The number of nitrogens with zero attached hydrogens (tertiary/aromatic N) is 2. The molecule has 15 nitrogen and oxygen atoms in total. The Labute approximate surface area is 309 Å². The van der Waals surface area contributed by atoms with Gasteiger partial charge in [-0.15, -0.1) is 0 Å². The Kier molecular flexibility index (Phi) is 10.6. The van der Waals surface area contributed by atoms with Gasteiger partial charge in [-0.2, -0.15) is 4.98 Å². The van der Waals surface area contributed by atoms with Crippen molar-refractivity contribution < 1.29 is 46.9 Å². The fourth-order valence-corrected chi connectivity index (χ4v) is 8.92. The lowest BCUT2D eigenvalue weighted by Crippen LogP contribution is -2.59. The predicted molar refractivity (Wildman–Crippen MR) is 194 cm³/mol. The van der Waals surface area contributed by atoms with Crippen LogP contribution in [0.5, 0.6) is 17.5 Å². The van der Waals surface area contributed by atoms with Crippen molar-refractivity contribution in [3.63, 3.8) is 0 Å². The summed E-state index contributed by atoms with van der Waals surface area (Å²) in [5, 5.41) is 16.5. The van der Waals surface area contributed by atoms with Gasteiger partial charge in [0.15, 0.2) is 0 Å². The quantitative estimate of drug-likeness (QED) is 0.273. The number of carboxylic acid groups (broad SMARTS) is 1. The van der Waals surface area contributed by atoms with Gasteiger partial charge < -0.3 is 34.9 Å². The average Bonchev–Trinajstić information content (AvgIpc) is 4.00. The molecule has 0 radical (unpaired) electrons. The highest BCUT2D eigenvalue weighted by atomic mass is 32.2. The van der Waals surface area contributed by atoms with Crippen molar-refractivity contribution in [1.29, 1.82) is 0 Å². The van der Waals surface area contributed by atoms with Crippen LogP contribution >= 0.6 is 0 Å². The van der Waals surface area contributed by atoms with Crippen molar-refractivity contribution in [2.24, 2.45) is 17.8 Å². The normalized spacial score (nSPS) is 29.8. The molecule has 0 bridgehead atoms. The lowest BCUT2D eigenvalue weighted by Gasteiger charge is -2.33. The van der Waals surface area contributed by atoms with Crippen LogP contribution in [0.1, 0.15) is 72.1 Å². The molecule has 4 N–H and O–H groups in total. The maximum atomic E-state index is 14.6. The average molecular weight is 756 g/mol. The minimum Gasteiger partial charge on any atom is -0.497 e. The van der Waals surface area contributed by atoms with Crippen LogP contribution in [0.3, 0.4) is 0 Å². The van der Waals surface area contributed by atoms with Gasteiger partial charge in [-0.1, -0.05) is 32.4 Å². The molecule has 1 aromatic carbocycles. The van der Waals surface area contributed by atoms with E-state index < -0.39 is 68.2 Å². The Morgan fingerprint density at radius 2 is 1.89 bits per heavy atom. The monoisotopic (exact) mass is 755 g/mol. The van der Waals surface area contributed by atoms with Gasteiger partial charge in [0.05, 0.1) is 25.5 Å². The van der Waals surface area contributed by atoms with Gasteiger partial charge in [-0.05, 0) is 80.9 Å². The van der Waals surface area contributed by atoms with Gasteiger partial charge >= 0.3 is 6.09 Å². The number of methoxy groups -OCH3 is 2. The summed E-state index contributed by atoms with van der Waals surface area (Å²) in [6.45, 7) is 5.43. The summed E-state index contributed by atoms with van der Waals surface area (Å²) in [4.78, 5) is 60.8. The van der Waals surface area contributed by atoms with Gasteiger partial charge in [-0.3, -0.25) is 19.1 Å². The first-order chi connectivity index (χ1) is 25.1. The van der Waals surface area contributed by atoms with Gasteiger partial charge in [0.25, 0.3) is 5.91 Å². The molecule has 7 atom stereocenters. The Balaban J connectivity index is 1.36. The zero-order valence-electron chi connectivity index (χ0n) is 30.7. The van der Waals surface area contributed by atoms with Crippen molar-refractivity contribution in [3.8, 4) is 17.5 Å². The smallest absolute Gasteiger partial charge is 0.405 e. The van der Waals surface area contributed by atoms with Crippen LogP contribution in [0.25, 0.3) is 10.8 Å². The van der Waals surface area contributed by atoms with Crippen molar-refractivity contribution in [2.45, 2.75) is 101 Å². The number of hydrogen-bond acceptors (Lipinski definition) is 10. The second-order valence-corrected chi connectivity index (χ2v) is 17.3. The van der Waals surface area contributed by atoms with E-state index in [-0.39, 0.29) is 43.0 Å². The molecule has 4 aliphatic rings. The maximum absolute atomic E-state index is 14.6. The highest BCUT2D eigenvalue weighted by molar-refractivity contribution is 7.91. The number of pyridine rings is 1. The molecule has 2 saturated carbocycles. The molecule has 4 amide bonds. The number of sulfonamides is 1. The number of allylic oxidation sites excluding steroid dienone is 1. The van der Waals surface area contributed by atoms with E-state index in [0.717, 1.165) is 6.42 Å². The first kappa shape index (κ1) is 38.1. The Morgan fingerprint density at radius 1 is 1.13 bits per heavy atom. The Morgan fingerprint density at radius 3 is 2.55 bits per heavy atom. The zero-order chi connectivity index (χ0) is 38.3. The van der Waals surface area contributed by atoms with Crippen LogP contribution in [0.2, 0.25) is 0 Å². The second kappa shape index (κ2) is 14.7. The number of aromatic nitrogens is 1. The summed E-state index contributed by atoms with van der Waals surface area (Å²) in [7, 11) is -0.992. The summed E-state index contributed by atoms with van der Waals surface area (Å²) in [6, 6.07) is 4.71. The molecule has 1 saturated heterocycles. The number of ether oxygens (including phenoxy) is 3. The lowest BCUT2D eigenvalue weighted by atomic mass is 9.85. The number of rotatable bonds is 9. The number of benzene rings is 1. The maximum Gasteiger partial charge on any atom is 0.405 e. The van der Waals surface area contributed by atoms with Crippen molar-refractivity contribution >= 4 is 44.6 Å². The molecule has 3 fully saturated rings. The summed E-state index contributed by atoms with van der Waals surface area (Å²) < 4.78 is 44.7. The Hall–Kier alpha value is -4.60. The SMILES string of the molecule is CC[C@@H]1C[C@@H](C)CCC=C[C@@H]2C[C@@]2(C(=O)NS(=O)(=O)C2(C)CC2)NC(=O)[C@@H]2C[C@@H](Oc3nc(OC)cc4cc(OC)ccc34)CN2C(=O)[C@H]1NC(=O)O. The zero-order valence-corrected chi connectivity index (χ0v) is 31.5. The molecule has 288 valence electrons. The summed E-state index contributed by atoms with van der Waals surface area (Å²) in [5.41, 5.74) is -1.56. The third-order valence-corrected chi connectivity index (χ3v) is 13.5. The van der Waals surface area contributed by atoms with E-state index in [9.17, 15) is 32.7 Å². The molecule has 1 aromatic heterocycles. The molecular formula is C37H49N5O10S. The fraction of sp³-hybridized carbons (Fsp3) is 0.595. The Bertz CT molecular complexity index is 1910. The highest BCUT2D eigenvalue weighted by Gasteiger charge is 2.63. The minimum absolute atomic E-state index is 0.0182. The van der Waals surface area contributed by atoms with E-state index in [2.05, 4.69) is 20.3 Å². The molecule has 0 unspecified atom stereocenters. The van der Waals surface area contributed by atoms with Crippen LogP contribution in [-0.4, -0.2) is 96.5 Å². The first-order valence-electron chi connectivity index (χ1n) is 18.2. The van der Waals surface area contributed by atoms with Crippen LogP contribution in [0.15, 0.2) is 36.4 Å². The summed E-state index contributed by atoms with van der Waals surface area (Å²) in [6.07, 6.45) is 5.08. The number of amides is 4. The third kappa shape index (κ3) is 7.73. The fourth-order valence-electron chi connectivity index (χ4n) is 7.61. The molecule has 53 heavy (non-hydrogen) atoms. The van der Waals surface area contributed by atoms with Crippen LogP contribution in [0, 0.1) is 17.8 Å². The molecule has 0 spiro atoms. The van der Waals surface area contributed by atoms with Crippen LogP contribution < -0.4 is 29.6 Å². The van der Waals surface area contributed by atoms with Crippen LogP contribution in [-0.2, 0) is 24.4 Å². The van der Waals surface area contributed by atoms with E-state index in [4.69, 9.17) is 14.2 Å². The number of hydrogen-bond donors (Lipinski definition) is 4. The van der Waals surface area contributed by atoms with E-state index in [0.29, 0.717) is 48.6 Å². The number of carbonyl (C=O) groups is 4. The predicted octanol–water partition coefficient (Wildman–Crippen LogP) is 3.51. The third-order valence-electron chi connectivity index (χ3n) is 11.4. The van der Waals surface area contributed by atoms with E-state index in [1.165, 1.54) is 12.0 Å².